The lowest BCUT2D eigenvalue weighted by Gasteiger charge is -2.09. The summed E-state index contributed by atoms with van der Waals surface area (Å²) in [5, 5.41) is 0. The maximum atomic E-state index is 12.1. The Kier molecular flexibility index (Phi) is 4.66. The van der Waals surface area contributed by atoms with Crippen LogP contribution >= 0.6 is 15.9 Å². The normalized spacial score (nSPS) is 15.2. The lowest BCUT2D eigenvalue weighted by molar-refractivity contribution is -0.129. The van der Waals surface area contributed by atoms with Crippen LogP contribution in [-0.4, -0.2) is 26.1 Å². The molecule has 0 unspecified atom stereocenters. The van der Waals surface area contributed by atoms with Crippen LogP contribution in [0.5, 0.6) is 11.5 Å². The van der Waals surface area contributed by atoms with Gasteiger partial charge >= 0.3 is 5.97 Å². The predicted octanol–water partition coefficient (Wildman–Crippen LogP) is 3.81. The van der Waals surface area contributed by atoms with Crippen molar-refractivity contribution < 1.29 is 19.0 Å². The van der Waals surface area contributed by atoms with Gasteiger partial charge in [0, 0.05) is 10.0 Å². The maximum Gasteiger partial charge on any atom is 0.363 e. The van der Waals surface area contributed by atoms with E-state index in [2.05, 4.69) is 20.9 Å². The largest absolute Gasteiger partial charge is 0.493 e. The molecule has 0 fully saturated rings. The summed E-state index contributed by atoms with van der Waals surface area (Å²) in [6.45, 7) is 0. The number of esters is 1. The number of methoxy groups -OCH3 is 2. The molecule has 24 heavy (non-hydrogen) atoms. The number of nitrogens with zero attached hydrogens (tertiary/aromatic N) is 1. The van der Waals surface area contributed by atoms with Gasteiger partial charge in [-0.3, -0.25) is 0 Å². The minimum Gasteiger partial charge on any atom is -0.493 e. The third-order valence-corrected chi connectivity index (χ3v) is 4.14. The highest BCUT2D eigenvalue weighted by Gasteiger charge is 2.26. The van der Waals surface area contributed by atoms with Crippen LogP contribution in [0.1, 0.15) is 11.1 Å². The number of hydrogen-bond donors (Lipinski definition) is 0. The fraction of sp³-hybridized carbons (Fsp3) is 0.111. The van der Waals surface area contributed by atoms with Crippen LogP contribution in [-0.2, 0) is 9.53 Å². The molecule has 3 rings (SSSR count). The van der Waals surface area contributed by atoms with Crippen molar-refractivity contribution >= 4 is 33.9 Å². The monoisotopic (exact) mass is 387 g/mol. The van der Waals surface area contributed by atoms with E-state index in [9.17, 15) is 4.79 Å². The molecule has 1 aliphatic heterocycles. The summed E-state index contributed by atoms with van der Waals surface area (Å²) in [7, 11) is 3.10. The van der Waals surface area contributed by atoms with Crippen LogP contribution in [0.4, 0.5) is 0 Å². The van der Waals surface area contributed by atoms with Crippen LogP contribution < -0.4 is 9.47 Å². The van der Waals surface area contributed by atoms with Crippen LogP contribution in [0, 0.1) is 0 Å². The van der Waals surface area contributed by atoms with Crippen LogP contribution in [0.3, 0.4) is 0 Å². The second-order valence-electron chi connectivity index (χ2n) is 4.90. The summed E-state index contributed by atoms with van der Waals surface area (Å²) >= 11 is 3.43. The summed E-state index contributed by atoms with van der Waals surface area (Å²) < 4.78 is 16.7. The molecule has 0 atom stereocenters. The van der Waals surface area contributed by atoms with Gasteiger partial charge in [-0.15, -0.1) is 0 Å². The van der Waals surface area contributed by atoms with Gasteiger partial charge in [0.25, 0.3) is 0 Å². The lowest BCUT2D eigenvalue weighted by atomic mass is 10.1. The number of para-hydroxylation sites is 1. The molecule has 0 amide bonds. The summed E-state index contributed by atoms with van der Waals surface area (Å²) in [6.07, 6.45) is 1.62. The number of benzene rings is 2. The number of cyclic esters (lactones) is 1. The second kappa shape index (κ2) is 6.88. The molecule has 2 aromatic rings. The first-order valence-corrected chi connectivity index (χ1v) is 7.92. The first kappa shape index (κ1) is 16.3. The highest BCUT2D eigenvalue weighted by Crippen LogP contribution is 2.33. The molecule has 0 saturated carbocycles. The quantitative estimate of drug-likeness (QED) is 0.591. The zero-order chi connectivity index (χ0) is 17.1. The van der Waals surface area contributed by atoms with E-state index in [1.165, 1.54) is 0 Å². The van der Waals surface area contributed by atoms with Gasteiger partial charge in [0.1, 0.15) is 0 Å². The van der Waals surface area contributed by atoms with Gasteiger partial charge in [-0.05, 0) is 40.2 Å². The van der Waals surface area contributed by atoms with Crippen molar-refractivity contribution in [3.05, 3.63) is 63.8 Å². The Bertz CT molecular complexity index is 858. The molecule has 2 aromatic carbocycles. The van der Waals surface area contributed by atoms with Gasteiger partial charge < -0.3 is 14.2 Å². The second-order valence-corrected chi connectivity index (χ2v) is 5.75. The summed E-state index contributed by atoms with van der Waals surface area (Å²) in [4.78, 5) is 16.4. The van der Waals surface area contributed by atoms with Crippen molar-refractivity contribution in [2.75, 3.05) is 14.2 Å². The van der Waals surface area contributed by atoms with Crippen molar-refractivity contribution in [1.29, 1.82) is 0 Å². The van der Waals surface area contributed by atoms with E-state index in [4.69, 9.17) is 14.2 Å². The Hall–Kier alpha value is -2.60. The van der Waals surface area contributed by atoms with E-state index in [1.807, 2.05) is 36.4 Å². The molecule has 0 saturated heterocycles. The molecule has 0 aliphatic carbocycles. The third kappa shape index (κ3) is 3.05. The highest BCUT2D eigenvalue weighted by atomic mass is 79.9. The molecule has 0 bridgehead atoms. The number of ether oxygens (including phenoxy) is 3. The first-order valence-electron chi connectivity index (χ1n) is 7.12. The molecular formula is C18H14BrNO4. The fourth-order valence-electron chi connectivity index (χ4n) is 2.33. The Morgan fingerprint density at radius 2 is 1.88 bits per heavy atom. The van der Waals surface area contributed by atoms with E-state index in [1.54, 1.807) is 26.4 Å². The lowest BCUT2D eigenvalue weighted by Crippen LogP contribution is -2.05. The van der Waals surface area contributed by atoms with Crippen molar-refractivity contribution in [2.24, 2.45) is 4.99 Å². The van der Waals surface area contributed by atoms with Crippen LogP contribution in [0.2, 0.25) is 0 Å². The number of rotatable bonds is 4. The molecule has 6 heteroatoms. The molecule has 122 valence electrons. The summed E-state index contributed by atoms with van der Waals surface area (Å²) in [5.41, 5.74) is 1.60. The van der Waals surface area contributed by atoms with Crippen molar-refractivity contribution in [3.8, 4) is 11.5 Å². The summed E-state index contributed by atoms with van der Waals surface area (Å²) in [5.74, 6) is 0.865. The zero-order valence-electron chi connectivity index (χ0n) is 13.1. The van der Waals surface area contributed by atoms with E-state index < -0.39 is 5.97 Å². The Balaban J connectivity index is 2.03. The SMILES string of the molecule is COc1cccc(/C=C2/N=C(c3ccccc3Br)OC2=O)c1OC. The molecule has 5 nitrogen and oxygen atoms in total. The number of hydrogen-bond acceptors (Lipinski definition) is 5. The van der Waals surface area contributed by atoms with Gasteiger partial charge in [0.05, 0.1) is 19.8 Å². The van der Waals surface area contributed by atoms with Gasteiger partial charge in [-0.25, -0.2) is 9.79 Å². The third-order valence-electron chi connectivity index (χ3n) is 3.45. The summed E-state index contributed by atoms with van der Waals surface area (Å²) in [6, 6.07) is 12.8. The number of carbonyl (C=O) groups excluding carboxylic acids is 1. The van der Waals surface area contributed by atoms with Crippen LogP contribution in [0.15, 0.2) is 57.6 Å². The number of halogens is 1. The van der Waals surface area contributed by atoms with Crippen molar-refractivity contribution in [2.45, 2.75) is 0 Å². The molecular weight excluding hydrogens is 374 g/mol. The van der Waals surface area contributed by atoms with Gasteiger partial charge in [-0.2, -0.15) is 0 Å². The van der Waals surface area contributed by atoms with E-state index in [-0.39, 0.29) is 11.6 Å². The zero-order valence-corrected chi connectivity index (χ0v) is 14.7. The van der Waals surface area contributed by atoms with Gasteiger partial charge in [0.2, 0.25) is 5.90 Å². The average Bonchev–Trinajstić information content (AvgIpc) is 2.95. The van der Waals surface area contributed by atoms with E-state index in [0.717, 1.165) is 4.47 Å². The van der Waals surface area contributed by atoms with E-state index in [0.29, 0.717) is 22.6 Å². The smallest absolute Gasteiger partial charge is 0.363 e. The molecule has 0 spiro atoms. The topological polar surface area (TPSA) is 57.1 Å². The van der Waals surface area contributed by atoms with E-state index >= 15 is 0 Å². The highest BCUT2D eigenvalue weighted by molar-refractivity contribution is 9.10. The number of aliphatic imine (C=N–C) groups is 1. The fourth-order valence-corrected chi connectivity index (χ4v) is 2.79. The molecule has 1 heterocycles. The van der Waals surface area contributed by atoms with Crippen LogP contribution in [0.25, 0.3) is 6.08 Å². The molecule has 0 radical (unpaired) electrons. The van der Waals surface area contributed by atoms with Gasteiger partial charge in [-0.1, -0.05) is 24.3 Å². The Morgan fingerprint density at radius 3 is 2.58 bits per heavy atom. The molecule has 1 aliphatic rings. The minimum absolute atomic E-state index is 0.201. The molecule has 0 N–H and O–H groups in total. The standard InChI is InChI=1S/C18H14BrNO4/c1-22-15-9-5-6-11(16(15)23-2)10-14-18(21)24-17(20-14)12-7-3-4-8-13(12)19/h3-10H,1-2H3/b14-10+. The van der Waals surface area contributed by atoms with Crippen molar-refractivity contribution in [3.63, 3.8) is 0 Å². The predicted molar refractivity (Wildman–Crippen MR) is 94.3 cm³/mol. The average molecular weight is 388 g/mol. The van der Waals surface area contributed by atoms with Gasteiger partial charge in [0.15, 0.2) is 17.2 Å². The maximum absolute atomic E-state index is 12.1. The Morgan fingerprint density at radius 1 is 1.08 bits per heavy atom. The first-order chi connectivity index (χ1) is 11.6. The minimum atomic E-state index is -0.509. The van der Waals surface area contributed by atoms with Crippen molar-refractivity contribution in [1.82, 2.24) is 0 Å². The Labute approximate surface area is 147 Å². The number of carbonyl (C=O) groups is 1. The molecule has 0 aromatic heterocycles.